The maximum atomic E-state index is 13.8. The van der Waals surface area contributed by atoms with Crippen LogP contribution in [0.3, 0.4) is 0 Å². The van der Waals surface area contributed by atoms with Gasteiger partial charge >= 0.3 is 0 Å². The number of aryl methyl sites for hydroxylation is 1. The lowest BCUT2D eigenvalue weighted by atomic mass is 10.1. The number of aromatic nitrogens is 2. The van der Waals surface area contributed by atoms with Crippen molar-refractivity contribution in [2.75, 3.05) is 0 Å². The van der Waals surface area contributed by atoms with Crippen LogP contribution in [0.4, 0.5) is 4.39 Å². The molecule has 0 saturated carbocycles. The lowest BCUT2D eigenvalue weighted by molar-refractivity contribution is -0.125. The molecule has 148 valence electrons. The number of benzene rings is 2. The van der Waals surface area contributed by atoms with Crippen molar-refractivity contribution >= 4 is 37.4 Å². The number of hydrogen-bond acceptors (Lipinski definition) is 4. The van der Waals surface area contributed by atoms with Gasteiger partial charge < -0.3 is 5.32 Å². The molecule has 1 amide bonds. The molecular formula is C22H20FN3O2S. The number of fused-ring (bicyclic) bond motifs is 3. The zero-order chi connectivity index (χ0) is 20.5. The predicted octanol–water partition coefficient (Wildman–Crippen LogP) is 4.33. The minimum absolute atomic E-state index is 0.0549. The summed E-state index contributed by atoms with van der Waals surface area (Å²) in [7, 11) is 0. The fourth-order valence-corrected chi connectivity index (χ4v) is 4.64. The summed E-state index contributed by atoms with van der Waals surface area (Å²) in [4.78, 5) is 26.1. The Morgan fingerprint density at radius 3 is 2.69 bits per heavy atom. The van der Waals surface area contributed by atoms with Gasteiger partial charge in [-0.25, -0.2) is 9.07 Å². The monoisotopic (exact) mass is 409 g/mol. The maximum absolute atomic E-state index is 13.8. The molecule has 1 unspecified atom stereocenters. The summed E-state index contributed by atoms with van der Waals surface area (Å²) >= 11 is 1.53. The minimum Gasteiger partial charge on any atom is -0.350 e. The van der Waals surface area contributed by atoms with Gasteiger partial charge in [-0.15, -0.1) is 11.3 Å². The zero-order valence-electron chi connectivity index (χ0n) is 16.1. The molecule has 2 aromatic heterocycles. The summed E-state index contributed by atoms with van der Waals surface area (Å²) in [5.41, 5.74) is 0.823. The third-order valence-corrected chi connectivity index (χ3v) is 6.28. The van der Waals surface area contributed by atoms with E-state index >= 15 is 0 Å². The normalized spacial score (nSPS) is 12.4. The van der Waals surface area contributed by atoms with Gasteiger partial charge in [0.25, 0.3) is 5.56 Å². The van der Waals surface area contributed by atoms with Crippen LogP contribution in [0.2, 0.25) is 0 Å². The SMILES string of the molecule is CCC(C(=O)NCc1ccccc1F)n1nc(C)c2sc3ccccc3c2c1=O. The van der Waals surface area contributed by atoms with E-state index in [0.717, 1.165) is 14.8 Å². The zero-order valence-corrected chi connectivity index (χ0v) is 16.9. The minimum atomic E-state index is -0.768. The van der Waals surface area contributed by atoms with E-state index in [1.807, 2.05) is 38.1 Å². The topological polar surface area (TPSA) is 64.0 Å². The van der Waals surface area contributed by atoms with Crippen LogP contribution < -0.4 is 10.9 Å². The highest BCUT2D eigenvalue weighted by atomic mass is 32.1. The van der Waals surface area contributed by atoms with Crippen LogP contribution in [-0.2, 0) is 11.3 Å². The van der Waals surface area contributed by atoms with Crippen molar-refractivity contribution in [3.05, 3.63) is 76.0 Å². The van der Waals surface area contributed by atoms with Crippen molar-refractivity contribution in [3.63, 3.8) is 0 Å². The van der Waals surface area contributed by atoms with Gasteiger partial charge in [0.05, 0.1) is 15.8 Å². The molecule has 1 N–H and O–H groups in total. The van der Waals surface area contributed by atoms with E-state index in [1.165, 1.54) is 22.1 Å². The summed E-state index contributed by atoms with van der Waals surface area (Å²) in [6, 6.07) is 13.2. The van der Waals surface area contributed by atoms with Gasteiger partial charge in [0.1, 0.15) is 11.9 Å². The summed E-state index contributed by atoms with van der Waals surface area (Å²) in [5.74, 6) is -0.734. The molecule has 0 aliphatic carbocycles. The Balaban J connectivity index is 1.72. The number of hydrogen-bond donors (Lipinski definition) is 1. The first kappa shape index (κ1) is 19.3. The number of amides is 1. The molecule has 0 aliphatic rings. The second-order valence-electron chi connectivity index (χ2n) is 6.87. The van der Waals surface area contributed by atoms with Crippen LogP contribution in [-0.4, -0.2) is 15.7 Å². The van der Waals surface area contributed by atoms with E-state index in [-0.39, 0.29) is 23.8 Å². The van der Waals surface area contributed by atoms with Gasteiger partial charge in [0.15, 0.2) is 0 Å². The van der Waals surface area contributed by atoms with Gasteiger partial charge in [0.2, 0.25) is 5.91 Å². The number of thiophene rings is 1. The van der Waals surface area contributed by atoms with Crippen molar-refractivity contribution < 1.29 is 9.18 Å². The number of nitrogens with one attached hydrogen (secondary N) is 1. The number of rotatable bonds is 5. The highest BCUT2D eigenvalue weighted by molar-refractivity contribution is 7.26. The van der Waals surface area contributed by atoms with Crippen LogP contribution in [0.1, 0.15) is 30.6 Å². The first-order chi connectivity index (χ1) is 14.0. The highest BCUT2D eigenvalue weighted by Gasteiger charge is 2.24. The Kier molecular flexibility index (Phi) is 5.15. The average Bonchev–Trinajstić information content (AvgIpc) is 3.12. The largest absolute Gasteiger partial charge is 0.350 e. The van der Waals surface area contributed by atoms with Gasteiger partial charge in [-0.2, -0.15) is 5.10 Å². The summed E-state index contributed by atoms with van der Waals surface area (Å²) in [6.07, 6.45) is 0.392. The fourth-order valence-electron chi connectivity index (χ4n) is 3.50. The number of nitrogens with zero attached hydrogens (tertiary/aromatic N) is 2. The Morgan fingerprint density at radius 2 is 1.93 bits per heavy atom. The first-order valence-corrected chi connectivity index (χ1v) is 10.2. The smallest absolute Gasteiger partial charge is 0.276 e. The van der Waals surface area contributed by atoms with Crippen molar-refractivity contribution in [1.82, 2.24) is 15.1 Å². The Morgan fingerprint density at radius 1 is 1.21 bits per heavy atom. The summed E-state index contributed by atoms with van der Waals surface area (Å²) < 4.78 is 17.0. The number of halogens is 1. The molecule has 0 spiro atoms. The lowest BCUT2D eigenvalue weighted by Gasteiger charge is -2.18. The molecule has 0 radical (unpaired) electrons. The first-order valence-electron chi connectivity index (χ1n) is 9.43. The number of carbonyl (C=O) groups is 1. The van der Waals surface area contributed by atoms with Crippen LogP contribution >= 0.6 is 11.3 Å². The highest BCUT2D eigenvalue weighted by Crippen LogP contribution is 2.33. The predicted molar refractivity (Wildman–Crippen MR) is 114 cm³/mol. The van der Waals surface area contributed by atoms with E-state index in [1.54, 1.807) is 18.2 Å². The van der Waals surface area contributed by atoms with Crippen molar-refractivity contribution in [2.24, 2.45) is 0 Å². The molecule has 0 aliphatic heterocycles. The summed E-state index contributed by atoms with van der Waals surface area (Å²) in [6.45, 7) is 3.73. The van der Waals surface area contributed by atoms with Crippen LogP contribution in [0.15, 0.2) is 53.3 Å². The van der Waals surface area contributed by atoms with Crippen LogP contribution in [0, 0.1) is 12.7 Å². The van der Waals surface area contributed by atoms with E-state index in [0.29, 0.717) is 23.1 Å². The fraction of sp³-hybridized carbons (Fsp3) is 0.227. The van der Waals surface area contributed by atoms with Crippen LogP contribution in [0.5, 0.6) is 0 Å². The molecule has 4 aromatic rings. The van der Waals surface area contributed by atoms with E-state index in [4.69, 9.17) is 0 Å². The molecular weight excluding hydrogens is 389 g/mol. The molecule has 1 atom stereocenters. The average molecular weight is 409 g/mol. The van der Waals surface area contributed by atoms with Gasteiger partial charge in [-0.05, 0) is 25.5 Å². The number of carbonyl (C=O) groups excluding carboxylic acids is 1. The Bertz CT molecular complexity index is 1280. The molecule has 2 heterocycles. The molecule has 4 rings (SSSR count). The molecule has 29 heavy (non-hydrogen) atoms. The van der Waals surface area contributed by atoms with Gasteiger partial charge in [-0.3, -0.25) is 9.59 Å². The van der Waals surface area contributed by atoms with E-state index in [2.05, 4.69) is 10.4 Å². The van der Waals surface area contributed by atoms with Crippen molar-refractivity contribution in [1.29, 1.82) is 0 Å². The quantitative estimate of drug-likeness (QED) is 0.534. The molecule has 7 heteroatoms. The molecule has 0 saturated heterocycles. The van der Waals surface area contributed by atoms with E-state index < -0.39 is 6.04 Å². The Hall–Kier alpha value is -3.06. The third kappa shape index (κ3) is 3.42. The summed E-state index contributed by atoms with van der Waals surface area (Å²) in [5, 5.41) is 8.65. The van der Waals surface area contributed by atoms with Crippen molar-refractivity contribution in [3.8, 4) is 0 Å². The second-order valence-corrected chi connectivity index (χ2v) is 7.92. The third-order valence-electron chi connectivity index (χ3n) is 5.00. The standard InChI is InChI=1S/C22H20FN3O2S/c1-3-17(21(27)24-12-14-8-4-6-10-16(14)23)26-22(28)19-15-9-5-7-11-18(15)29-20(19)13(2)25-26/h4-11,17H,3,12H2,1-2H3,(H,24,27). The molecule has 0 bridgehead atoms. The van der Waals surface area contributed by atoms with Gasteiger partial charge in [0, 0.05) is 22.2 Å². The molecule has 2 aromatic carbocycles. The Labute approximate surface area is 170 Å². The van der Waals surface area contributed by atoms with Crippen molar-refractivity contribution in [2.45, 2.75) is 32.9 Å². The second kappa shape index (κ2) is 7.75. The lowest BCUT2D eigenvalue weighted by Crippen LogP contribution is -2.38. The maximum Gasteiger partial charge on any atom is 0.276 e. The van der Waals surface area contributed by atoms with Crippen LogP contribution in [0.25, 0.3) is 20.2 Å². The molecule has 0 fully saturated rings. The van der Waals surface area contributed by atoms with E-state index in [9.17, 15) is 14.0 Å². The molecule has 5 nitrogen and oxygen atoms in total. The van der Waals surface area contributed by atoms with Gasteiger partial charge in [-0.1, -0.05) is 43.3 Å².